The van der Waals surface area contributed by atoms with Crippen molar-refractivity contribution in [3.63, 3.8) is 0 Å². The summed E-state index contributed by atoms with van der Waals surface area (Å²) in [4.78, 5) is 4.11. The molecule has 1 aromatic rings. The average Bonchev–Trinajstić information content (AvgIpc) is 2.64. The van der Waals surface area contributed by atoms with E-state index in [-0.39, 0.29) is 62.1 Å². The molecule has 1 aliphatic rings. The third kappa shape index (κ3) is 7.45. The van der Waals surface area contributed by atoms with Crippen LogP contribution in [-0.4, -0.2) is 63.0 Å². The van der Waals surface area contributed by atoms with Gasteiger partial charge in [0.2, 0.25) is 0 Å². The van der Waals surface area contributed by atoms with Crippen LogP contribution in [0.5, 0.6) is 5.75 Å². The van der Waals surface area contributed by atoms with Crippen LogP contribution in [-0.2, 0) is 10.0 Å². The lowest BCUT2D eigenvalue weighted by Crippen LogP contribution is -2.52. The van der Waals surface area contributed by atoms with E-state index < -0.39 is 15.5 Å². The van der Waals surface area contributed by atoms with Gasteiger partial charge in [0.1, 0.15) is 11.9 Å². The zero-order valence-corrected chi connectivity index (χ0v) is 20.2. The van der Waals surface area contributed by atoms with E-state index in [0.29, 0.717) is 16.8 Å². The van der Waals surface area contributed by atoms with Crippen molar-refractivity contribution in [3.8, 4) is 5.75 Å². The summed E-state index contributed by atoms with van der Waals surface area (Å²) in [6.07, 6.45) is 0.366. The molecule has 1 fully saturated rings. The smallest absolute Gasteiger partial charge is 0.489 e. The second-order valence-corrected chi connectivity index (χ2v) is 8.90. The fraction of sp³-hybridized carbons (Fsp3) is 0.611. The number of aliphatic imine (C=N–C) groups is 1. The first-order chi connectivity index (χ1) is 13.5. The van der Waals surface area contributed by atoms with Crippen molar-refractivity contribution in [2.75, 3.05) is 26.7 Å². The summed E-state index contributed by atoms with van der Waals surface area (Å²) >= 11 is 0. The number of sulfonamides is 1. The lowest BCUT2D eigenvalue weighted by molar-refractivity contribution is -0.0494. The molecule has 2 rings (SSSR count). The van der Waals surface area contributed by atoms with Crippen LogP contribution in [0.3, 0.4) is 0 Å². The SMILES string of the molecule is CN=C(NCC(C)Oc1cccc(C)c1)NC1CCN(S(=O)(=O)C(F)(F)F)CC1.I. The molecule has 12 heteroatoms. The van der Waals surface area contributed by atoms with Gasteiger partial charge in [0.05, 0.1) is 6.54 Å². The summed E-state index contributed by atoms with van der Waals surface area (Å²) in [6.45, 7) is 3.97. The normalized spacial score (nSPS) is 17.7. The first kappa shape index (κ1) is 26.8. The fourth-order valence-electron chi connectivity index (χ4n) is 2.98. The summed E-state index contributed by atoms with van der Waals surface area (Å²) in [6, 6.07) is 7.53. The van der Waals surface area contributed by atoms with Crippen LogP contribution in [0, 0.1) is 6.92 Å². The zero-order valence-electron chi connectivity index (χ0n) is 17.1. The molecule has 7 nitrogen and oxygen atoms in total. The Morgan fingerprint density at radius 2 is 1.97 bits per heavy atom. The monoisotopic (exact) mass is 564 g/mol. The molecule has 0 radical (unpaired) electrons. The van der Waals surface area contributed by atoms with Crippen molar-refractivity contribution in [1.29, 1.82) is 0 Å². The predicted molar refractivity (Wildman–Crippen MR) is 121 cm³/mol. The molecule has 1 unspecified atom stereocenters. The molecule has 2 N–H and O–H groups in total. The van der Waals surface area contributed by atoms with Crippen LogP contribution in [0.2, 0.25) is 0 Å². The number of ether oxygens (including phenoxy) is 1. The van der Waals surface area contributed by atoms with Gasteiger partial charge in [-0.05, 0) is 44.4 Å². The summed E-state index contributed by atoms with van der Waals surface area (Å²) in [5.41, 5.74) is -4.17. The molecule has 0 saturated carbocycles. The van der Waals surface area contributed by atoms with Crippen molar-refractivity contribution in [3.05, 3.63) is 29.8 Å². The van der Waals surface area contributed by atoms with Gasteiger partial charge < -0.3 is 15.4 Å². The number of nitrogens with one attached hydrogen (secondary N) is 2. The van der Waals surface area contributed by atoms with Gasteiger partial charge in [-0.3, -0.25) is 4.99 Å². The van der Waals surface area contributed by atoms with Gasteiger partial charge in [-0.25, -0.2) is 8.42 Å². The quantitative estimate of drug-likeness (QED) is 0.316. The van der Waals surface area contributed by atoms with Gasteiger partial charge in [-0.15, -0.1) is 24.0 Å². The van der Waals surface area contributed by atoms with Crippen LogP contribution in [0.4, 0.5) is 13.2 Å². The van der Waals surface area contributed by atoms with Gasteiger partial charge in [-0.1, -0.05) is 12.1 Å². The van der Waals surface area contributed by atoms with Gasteiger partial charge in [0, 0.05) is 26.2 Å². The van der Waals surface area contributed by atoms with E-state index in [1.165, 1.54) is 0 Å². The third-order valence-electron chi connectivity index (χ3n) is 4.53. The van der Waals surface area contributed by atoms with Crippen molar-refractivity contribution in [2.45, 2.75) is 44.3 Å². The van der Waals surface area contributed by atoms with Crippen LogP contribution >= 0.6 is 24.0 Å². The number of guanidine groups is 1. The highest BCUT2D eigenvalue weighted by Crippen LogP contribution is 2.28. The van der Waals surface area contributed by atoms with Gasteiger partial charge in [-0.2, -0.15) is 17.5 Å². The topological polar surface area (TPSA) is 83.0 Å². The number of nitrogens with zero attached hydrogens (tertiary/aromatic N) is 2. The Morgan fingerprint density at radius 1 is 1.33 bits per heavy atom. The molecule has 30 heavy (non-hydrogen) atoms. The molecule has 1 atom stereocenters. The highest BCUT2D eigenvalue weighted by atomic mass is 127. The summed E-state index contributed by atoms with van der Waals surface area (Å²) in [5.74, 6) is 1.25. The van der Waals surface area contributed by atoms with E-state index in [2.05, 4.69) is 15.6 Å². The lowest BCUT2D eigenvalue weighted by atomic mass is 10.1. The van der Waals surface area contributed by atoms with Crippen molar-refractivity contribution < 1.29 is 26.3 Å². The second-order valence-electron chi connectivity index (χ2n) is 6.97. The predicted octanol–water partition coefficient (Wildman–Crippen LogP) is 2.86. The minimum absolute atomic E-state index is 0. The summed E-state index contributed by atoms with van der Waals surface area (Å²) in [5, 5.41) is 6.24. The Hall–Kier alpha value is -1.28. The number of aryl methyl sites for hydroxylation is 1. The van der Waals surface area contributed by atoms with E-state index >= 15 is 0 Å². The first-order valence-electron chi connectivity index (χ1n) is 9.30. The number of halogens is 4. The highest BCUT2D eigenvalue weighted by Gasteiger charge is 2.50. The Labute approximate surface area is 192 Å². The highest BCUT2D eigenvalue weighted by molar-refractivity contribution is 14.0. The van der Waals surface area contributed by atoms with Crippen LogP contribution < -0.4 is 15.4 Å². The van der Waals surface area contributed by atoms with Crippen LogP contribution in [0.25, 0.3) is 0 Å². The van der Waals surface area contributed by atoms with E-state index in [9.17, 15) is 21.6 Å². The van der Waals surface area contributed by atoms with Crippen LogP contribution in [0.15, 0.2) is 29.3 Å². The van der Waals surface area contributed by atoms with E-state index in [0.717, 1.165) is 11.3 Å². The number of alkyl halides is 3. The van der Waals surface area contributed by atoms with Crippen molar-refractivity contribution >= 4 is 40.0 Å². The van der Waals surface area contributed by atoms with Crippen molar-refractivity contribution in [2.24, 2.45) is 4.99 Å². The Bertz CT molecular complexity index is 813. The molecule has 172 valence electrons. The minimum Gasteiger partial charge on any atom is -0.489 e. The molecule has 0 aliphatic carbocycles. The summed E-state index contributed by atoms with van der Waals surface area (Å²) < 4.78 is 67.2. The minimum atomic E-state index is -5.27. The standard InChI is InChI=1S/C18H27F3N4O3S.HI/c1-13-5-4-6-16(11-13)28-14(2)12-23-17(22-3)24-15-7-9-25(10-8-15)29(26,27)18(19,20)21;/h4-6,11,14-15H,7-10,12H2,1-3H3,(H2,22,23,24);1H. The van der Waals surface area contributed by atoms with E-state index in [1.807, 2.05) is 38.1 Å². The molecule has 0 bridgehead atoms. The molecular formula is C18H28F3IN4O3S. The Morgan fingerprint density at radius 3 is 2.50 bits per heavy atom. The molecule has 1 heterocycles. The maximum absolute atomic E-state index is 12.6. The molecular weight excluding hydrogens is 536 g/mol. The number of rotatable bonds is 6. The van der Waals surface area contributed by atoms with E-state index in [1.54, 1.807) is 7.05 Å². The largest absolute Gasteiger partial charge is 0.511 e. The number of piperidine rings is 1. The molecule has 0 amide bonds. The molecule has 0 spiro atoms. The van der Waals surface area contributed by atoms with Gasteiger partial charge in [0.25, 0.3) is 0 Å². The first-order valence-corrected chi connectivity index (χ1v) is 10.7. The maximum Gasteiger partial charge on any atom is 0.511 e. The molecule has 1 aliphatic heterocycles. The van der Waals surface area contributed by atoms with Crippen LogP contribution in [0.1, 0.15) is 25.3 Å². The number of hydrogen-bond donors (Lipinski definition) is 2. The molecule has 1 saturated heterocycles. The lowest BCUT2D eigenvalue weighted by Gasteiger charge is -2.32. The number of hydrogen-bond acceptors (Lipinski definition) is 4. The van der Waals surface area contributed by atoms with Gasteiger partial charge >= 0.3 is 15.5 Å². The average molecular weight is 564 g/mol. The Kier molecular flexibility index (Phi) is 10.1. The molecule has 1 aromatic carbocycles. The van der Waals surface area contributed by atoms with Crippen molar-refractivity contribution in [1.82, 2.24) is 14.9 Å². The fourth-order valence-corrected chi connectivity index (χ4v) is 3.96. The number of benzene rings is 1. The maximum atomic E-state index is 12.6. The third-order valence-corrected chi connectivity index (χ3v) is 6.16. The zero-order chi connectivity index (χ0) is 21.7. The molecule has 0 aromatic heterocycles. The van der Waals surface area contributed by atoms with Gasteiger partial charge in [0.15, 0.2) is 5.96 Å². The summed E-state index contributed by atoms with van der Waals surface area (Å²) in [7, 11) is -3.68. The Balaban J connectivity index is 0.00000450. The second kappa shape index (κ2) is 11.4. The van der Waals surface area contributed by atoms with E-state index in [4.69, 9.17) is 4.74 Å².